The Kier molecular flexibility index (Phi) is 19.9. The fraction of sp³-hybridized carbons (Fsp3) is 0.444. The number of amides is 2. The average Bonchev–Trinajstić information content (AvgIpc) is 3.20. The van der Waals surface area contributed by atoms with Crippen molar-refractivity contribution in [3.8, 4) is 5.75 Å². The highest BCUT2D eigenvalue weighted by Gasteiger charge is 2.44. The molecule has 2 heterocycles. The van der Waals surface area contributed by atoms with Gasteiger partial charge in [-0.1, -0.05) is 93.7 Å². The lowest BCUT2D eigenvalue weighted by Gasteiger charge is -2.29. The Morgan fingerprint density at radius 1 is 0.967 bits per heavy atom. The second kappa shape index (κ2) is 24.0. The Labute approximate surface area is 368 Å². The monoisotopic (exact) mass is 885 g/mol. The third kappa shape index (κ3) is 13.7. The fourth-order valence-electron chi connectivity index (χ4n) is 6.76. The molecule has 1 fully saturated rings. The number of phenols is 1. The van der Waals surface area contributed by atoms with Gasteiger partial charge in [-0.25, -0.2) is 4.79 Å². The van der Waals surface area contributed by atoms with E-state index in [4.69, 9.17) is 25.8 Å². The number of carbonyl (C=O) groups is 5. The zero-order valence-electron chi connectivity index (χ0n) is 35.2. The van der Waals surface area contributed by atoms with Gasteiger partial charge in [0.1, 0.15) is 12.2 Å². The molecule has 3 N–H and O–H groups in total. The first-order chi connectivity index (χ1) is 28.1. The predicted molar refractivity (Wildman–Crippen MR) is 237 cm³/mol. The number of phenolic OH excluding ortho intramolecular Hbond substituents is 1. The lowest BCUT2D eigenvalue weighted by Crippen LogP contribution is -2.50. The zero-order valence-corrected chi connectivity index (χ0v) is 37.6. The molecule has 2 aliphatic heterocycles. The van der Waals surface area contributed by atoms with Crippen LogP contribution in [-0.2, 0) is 33.4 Å². The van der Waals surface area contributed by atoms with Crippen LogP contribution >= 0.6 is 35.8 Å². The number of hydrogen-bond donors (Lipinski definition) is 3. The van der Waals surface area contributed by atoms with E-state index in [1.54, 1.807) is 0 Å². The molecule has 0 aliphatic carbocycles. The molecule has 5 atom stereocenters. The number of ether oxygens (including phenoxy) is 3. The molecule has 15 heteroatoms. The van der Waals surface area contributed by atoms with Crippen LogP contribution in [0.3, 0.4) is 0 Å². The summed E-state index contributed by atoms with van der Waals surface area (Å²) in [5.74, 6) is -4.27. The number of para-hydroxylation sites is 1. The number of aromatic hydroxyl groups is 1. The number of anilines is 1. The maximum absolute atomic E-state index is 13.3. The van der Waals surface area contributed by atoms with Gasteiger partial charge < -0.3 is 34.9 Å². The van der Waals surface area contributed by atoms with Crippen molar-refractivity contribution in [2.75, 3.05) is 26.0 Å². The summed E-state index contributed by atoms with van der Waals surface area (Å²) in [6.45, 7) is 9.75. The summed E-state index contributed by atoms with van der Waals surface area (Å²) in [6.07, 6.45) is 3.44. The Bertz CT molecular complexity index is 1990. The van der Waals surface area contributed by atoms with E-state index in [-0.39, 0.29) is 36.0 Å². The molecule has 3 aromatic rings. The van der Waals surface area contributed by atoms with Crippen LogP contribution in [0.15, 0.2) is 76.5 Å². The highest BCUT2D eigenvalue weighted by atomic mass is 35.5. The summed E-state index contributed by atoms with van der Waals surface area (Å²) < 4.78 is 16.9. The lowest BCUT2D eigenvalue weighted by atomic mass is 9.92. The van der Waals surface area contributed by atoms with Crippen LogP contribution in [0.25, 0.3) is 5.57 Å². The predicted octanol–water partition coefficient (Wildman–Crippen LogP) is 8.70. The number of hydrogen-bond acceptors (Lipinski definition) is 11. The molecule has 60 heavy (non-hydrogen) atoms. The van der Waals surface area contributed by atoms with E-state index in [9.17, 15) is 29.1 Å². The number of nitrogens with one attached hydrogen (secondary N) is 2. The molecule has 1 saturated heterocycles. The van der Waals surface area contributed by atoms with Gasteiger partial charge in [-0.05, 0) is 99.8 Å². The Morgan fingerprint density at radius 2 is 1.67 bits per heavy atom. The number of rotatable bonds is 14. The summed E-state index contributed by atoms with van der Waals surface area (Å²) in [6, 6.07) is 17.5. The van der Waals surface area contributed by atoms with Crippen LogP contribution < -0.4 is 10.6 Å². The van der Waals surface area contributed by atoms with E-state index in [0.717, 1.165) is 30.8 Å². The van der Waals surface area contributed by atoms with Crippen molar-refractivity contribution in [2.24, 2.45) is 11.8 Å². The van der Waals surface area contributed by atoms with Crippen LogP contribution in [0.5, 0.6) is 5.75 Å². The third-order valence-electron chi connectivity index (χ3n) is 9.79. The van der Waals surface area contributed by atoms with Crippen molar-refractivity contribution in [3.63, 3.8) is 0 Å². The van der Waals surface area contributed by atoms with Crippen molar-refractivity contribution < 1.29 is 43.3 Å². The number of nitrogens with zero attached hydrogens (tertiary/aromatic N) is 1. The van der Waals surface area contributed by atoms with E-state index >= 15 is 0 Å². The molecular weight excluding hydrogens is 829 g/mol. The first-order valence-electron chi connectivity index (χ1n) is 20.0. The van der Waals surface area contributed by atoms with Gasteiger partial charge in [0.05, 0.1) is 17.2 Å². The Balaban J connectivity index is 0.000000366. The molecule has 5 rings (SSSR count). The number of benzene rings is 3. The zero-order chi connectivity index (χ0) is 43.2. The molecule has 326 valence electrons. The van der Waals surface area contributed by atoms with E-state index in [2.05, 4.69) is 72.1 Å². The highest BCUT2D eigenvalue weighted by Crippen LogP contribution is 2.46. The number of unbranched alkanes of at least 4 members (excludes halogenated alkanes) is 2. The second-order valence-corrected chi connectivity index (χ2v) is 16.8. The van der Waals surface area contributed by atoms with Gasteiger partial charge in [0.15, 0.2) is 17.9 Å². The van der Waals surface area contributed by atoms with Gasteiger partial charge in [0, 0.05) is 27.8 Å². The molecule has 2 aliphatic rings. The molecular formula is C45H57Cl2N3O9S. The molecule has 12 nitrogen and oxygen atoms in total. The molecule has 0 bridgehead atoms. The van der Waals surface area contributed by atoms with Gasteiger partial charge in [-0.15, -0.1) is 12.4 Å². The summed E-state index contributed by atoms with van der Waals surface area (Å²) in [4.78, 5) is 67.5. The molecule has 0 spiro atoms. The van der Waals surface area contributed by atoms with E-state index in [1.807, 2.05) is 38.6 Å². The number of fused-ring (bicyclic) bond motifs is 2. The van der Waals surface area contributed by atoms with Crippen LogP contribution in [0, 0.1) is 11.8 Å². The van der Waals surface area contributed by atoms with Crippen molar-refractivity contribution in [1.82, 2.24) is 10.2 Å². The number of halogens is 2. The minimum absolute atomic E-state index is 0. The van der Waals surface area contributed by atoms with Crippen LogP contribution in [0.4, 0.5) is 5.69 Å². The number of cyclic esters (lactones) is 2. The van der Waals surface area contributed by atoms with E-state index < -0.39 is 59.8 Å². The first-order valence-corrected chi connectivity index (χ1v) is 21.2. The van der Waals surface area contributed by atoms with Crippen molar-refractivity contribution in [1.29, 1.82) is 0 Å². The average molecular weight is 887 g/mol. The fourth-order valence-corrected chi connectivity index (χ4v) is 8.01. The molecule has 5 unspecified atom stereocenters. The minimum atomic E-state index is -1.42. The largest absolute Gasteiger partial charge is 0.505 e. The van der Waals surface area contributed by atoms with Gasteiger partial charge in [-0.2, -0.15) is 0 Å². The van der Waals surface area contributed by atoms with Gasteiger partial charge >= 0.3 is 17.9 Å². The summed E-state index contributed by atoms with van der Waals surface area (Å²) in [7, 11) is 4.21. The van der Waals surface area contributed by atoms with Gasteiger partial charge in [-0.3, -0.25) is 19.2 Å². The molecule has 0 saturated carbocycles. The van der Waals surface area contributed by atoms with Gasteiger partial charge in [0.2, 0.25) is 6.41 Å². The highest BCUT2D eigenvalue weighted by molar-refractivity contribution is 7.99. The Hall–Kier alpha value is -4.56. The molecule has 3 aromatic carbocycles. The number of carbonyl (C=O) groups excluding carboxylic acids is 5. The van der Waals surface area contributed by atoms with Crippen molar-refractivity contribution >= 4 is 77.3 Å². The SMILES string of the molecule is CCCCCC1C(=O)OC(C)C(NC(=O)c2cccc(NC=O)c2O)C(=O)OC(C)C1OC(=O)CC(C)C.CN(C)CCC=C1c2ccccc2Sc2ccc(Cl)cc21.Cl. The maximum Gasteiger partial charge on any atom is 0.332 e. The normalized spacial score (nSPS) is 20.4. The Morgan fingerprint density at radius 3 is 2.35 bits per heavy atom. The van der Waals surface area contributed by atoms with E-state index in [0.29, 0.717) is 19.3 Å². The van der Waals surface area contributed by atoms with Gasteiger partial charge in [0.25, 0.3) is 5.91 Å². The lowest BCUT2D eigenvalue weighted by molar-refractivity contribution is -0.175. The minimum Gasteiger partial charge on any atom is -0.505 e. The van der Waals surface area contributed by atoms with Crippen molar-refractivity contribution in [3.05, 3.63) is 88.5 Å². The van der Waals surface area contributed by atoms with Crippen LogP contribution in [0.2, 0.25) is 5.02 Å². The van der Waals surface area contributed by atoms with E-state index in [1.165, 1.54) is 58.5 Å². The molecule has 0 aromatic heterocycles. The summed E-state index contributed by atoms with van der Waals surface area (Å²) >= 11 is 8.03. The first kappa shape index (κ1) is 49.8. The maximum atomic E-state index is 13.3. The van der Waals surface area contributed by atoms with Crippen LogP contribution in [0.1, 0.15) is 94.6 Å². The summed E-state index contributed by atoms with van der Waals surface area (Å²) in [5.41, 5.74) is 3.66. The van der Waals surface area contributed by atoms with Crippen LogP contribution in [-0.4, -0.2) is 85.2 Å². The third-order valence-corrected chi connectivity index (χ3v) is 11.2. The molecule has 2 amide bonds. The smallest absolute Gasteiger partial charge is 0.332 e. The molecule has 0 radical (unpaired) electrons. The second-order valence-electron chi connectivity index (χ2n) is 15.3. The standard InChI is InChI=1S/C27H38N2O9.C18H18ClNS.ClH/c1-6-7-8-10-19-24(38-21(31)13-15(2)3)17(5)37-27(35)22(16(4)36-26(19)34)29-25(33)18-11-9-12-20(23(18)32)28-14-30;1-20(2)11-5-7-14-15-6-3-4-8-17(15)21-18-10-9-13(19)12-16(14)18;/h9,11-12,14-17,19,22,24,32H,6-8,10,13H2,1-5H3,(H,28,30)(H,29,33);3-4,6-10,12H,5,11H2,1-2H3;1H. The van der Waals surface area contributed by atoms with Crippen molar-refractivity contribution in [2.45, 2.75) is 107 Å². The summed E-state index contributed by atoms with van der Waals surface area (Å²) in [5, 5.41) is 15.9. The topological polar surface area (TPSA) is 161 Å². The number of esters is 3. The quantitative estimate of drug-likeness (QED) is 0.0366.